The first kappa shape index (κ1) is 18.8. The number of halogens is 1. The van der Waals surface area contributed by atoms with Crippen molar-refractivity contribution in [3.05, 3.63) is 57.5 Å². The molecule has 26 heavy (non-hydrogen) atoms. The topological polar surface area (TPSA) is 38.8 Å². The van der Waals surface area contributed by atoms with Crippen LogP contribution in [-0.4, -0.2) is 24.4 Å². The van der Waals surface area contributed by atoms with Crippen molar-refractivity contribution in [1.82, 2.24) is 0 Å². The van der Waals surface area contributed by atoms with Gasteiger partial charge in [0.2, 0.25) is 0 Å². The maximum atomic E-state index is 12.9. The summed E-state index contributed by atoms with van der Waals surface area (Å²) in [5, 5.41) is 0.595. The average molecular weight is 406 g/mol. The number of thiocarbonyl (C=S) groups is 1. The Morgan fingerprint density at radius 2 is 1.92 bits per heavy atom. The molecule has 3 rings (SSSR count). The molecule has 1 heterocycles. The monoisotopic (exact) mass is 405 g/mol. The van der Waals surface area contributed by atoms with E-state index in [1.165, 1.54) is 16.7 Å². The molecule has 0 spiro atoms. The minimum atomic E-state index is -0.183. The molecule has 0 saturated carbocycles. The molecule has 0 N–H and O–H groups in total. The Labute approximate surface area is 166 Å². The van der Waals surface area contributed by atoms with Crippen molar-refractivity contribution in [1.29, 1.82) is 0 Å². The zero-order valence-electron chi connectivity index (χ0n) is 14.4. The minimum absolute atomic E-state index is 0.183. The highest BCUT2D eigenvalue weighted by atomic mass is 35.5. The zero-order chi connectivity index (χ0) is 18.8. The second-order valence-corrected chi connectivity index (χ2v) is 7.64. The van der Waals surface area contributed by atoms with Crippen LogP contribution in [0.15, 0.2) is 41.3 Å². The standard InChI is InChI=1S/C19H16ClNO3S2/c1-11-4-6-13(9-15(11)20)21-18(22)17(26-19(21)25)8-12-5-7-14(23-2)10-16(12)24-3/h4-10H,1-3H3/b17-8-. The number of rotatable bonds is 4. The van der Waals surface area contributed by atoms with Crippen molar-refractivity contribution in [3.63, 3.8) is 0 Å². The number of thioether (sulfide) groups is 1. The summed E-state index contributed by atoms with van der Waals surface area (Å²) in [6, 6.07) is 10.9. The summed E-state index contributed by atoms with van der Waals surface area (Å²) in [6.07, 6.45) is 1.77. The lowest BCUT2D eigenvalue weighted by molar-refractivity contribution is -0.113. The number of benzene rings is 2. The largest absolute Gasteiger partial charge is 0.497 e. The van der Waals surface area contributed by atoms with Crippen molar-refractivity contribution in [3.8, 4) is 11.5 Å². The minimum Gasteiger partial charge on any atom is -0.497 e. The van der Waals surface area contributed by atoms with Gasteiger partial charge >= 0.3 is 0 Å². The number of aryl methyl sites for hydroxylation is 1. The molecular formula is C19H16ClNO3S2. The normalized spacial score (nSPS) is 15.7. The molecule has 0 aromatic heterocycles. The summed E-state index contributed by atoms with van der Waals surface area (Å²) >= 11 is 12.8. The van der Waals surface area contributed by atoms with Crippen LogP contribution >= 0.6 is 35.6 Å². The fourth-order valence-electron chi connectivity index (χ4n) is 2.49. The zero-order valence-corrected chi connectivity index (χ0v) is 16.8. The number of amides is 1. The van der Waals surface area contributed by atoms with E-state index in [0.717, 1.165) is 11.1 Å². The van der Waals surface area contributed by atoms with Gasteiger partial charge in [-0.2, -0.15) is 0 Å². The molecule has 0 bridgehead atoms. The van der Waals surface area contributed by atoms with Crippen molar-refractivity contribution < 1.29 is 14.3 Å². The molecule has 1 saturated heterocycles. The fraction of sp³-hybridized carbons (Fsp3) is 0.158. The van der Waals surface area contributed by atoms with Crippen LogP contribution in [-0.2, 0) is 4.79 Å². The fourth-order valence-corrected chi connectivity index (χ4v) is 3.95. The maximum Gasteiger partial charge on any atom is 0.270 e. The molecule has 0 unspecified atom stereocenters. The molecule has 1 amide bonds. The van der Waals surface area contributed by atoms with Crippen LogP contribution in [0.25, 0.3) is 6.08 Å². The number of nitrogens with zero attached hydrogens (tertiary/aromatic N) is 1. The highest BCUT2D eigenvalue weighted by molar-refractivity contribution is 8.27. The molecular weight excluding hydrogens is 390 g/mol. The number of anilines is 1. The van der Waals surface area contributed by atoms with Crippen molar-refractivity contribution in [2.24, 2.45) is 0 Å². The third-order valence-corrected chi connectivity index (χ3v) is 5.64. The first-order valence-corrected chi connectivity index (χ1v) is 9.31. The molecule has 7 heteroatoms. The van der Waals surface area contributed by atoms with Gasteiger partial charge in [-0.15, -0.1) is 0 Å². The molecule has 0 atom stereocenters. The third kappa shape index (κ3) is 3.58. The van der Waals surface area contributed by atoms with Gasteiger partial charge in [0.25, 0.3) is 5.91 Å². The average Bonchev–Trinajstić information content (AvgIpc) is 2.91. The van der Waals surface area contributed by atoms with Gasteiger partial charge in [0.15, 0.2) is 4.32 Å². The SMILES string of the molecule is COc1ccc(/C=C2\SC(=S)N(c3ccc(C)c(Cl)c3)C2=O)c(OC)c1. The van der Waals surface area contributed by atoms with E-state index in [1.807, 2.05) is 31.2 Å². The smallest absolute Gasteiger partial charge is 0.270 e. The first-order valence-electron chi connectivity index (χ1n) is 7.70. The van der Waals surface area contributed by atoms with E-state index >= 15 is 0 Å². The van der Waals surface area contributed by atoms with Crippen LogP contribution in [0.3, 0.4) is 0 Å². The van der Waals surface area contributed by atoms with Crippen LogP contribution < -0.4 is 14.4 Å². The van der Waals surface area contributed by atoms with Crippen LogP contribution in [0, 0.1) is 6.92 Å². The van der Waals surface area contributed by atoms with E-state index in [0.29, 0.717) is 31.4 Å². The Morgan fingerprint density at radius 1 is 1.15 bits per heavy atom. The lowest BCUT2D eigenvalue weighted by Gasteiger charge is -2.15. The molecule has 2 aromatic carbocycles. The van der Waals surface area contributed by atoms with E-state index < -0.39 is 0 Å². The van der Waals surface area contributed by atoms with E-state index in [1.54, 1.807) is 32.4 Å². The third-order valence-electron chi connectivity index (χ3n) is 3.93. The molecule has 1 aliphatic rings. The molecule has 2 aromatic rings. The summed E-state index contributed by atoms with van der Waals surface area (Å²) < 4.78 is 11.1. The Bertz CT molecular complexity index is 927. The number of carbonyl (C=O) groups excluding carboxylic acids is 1. The summed E-state index contributed by atoms with van der Waals surface area (Å²) in [5.41, 5.74) is 2.38. The van der Waals surface area contributed by atoms with Gasteiger partial charge in [-0.1, -0.05) is 41.6 Å². The van der Waals surface area contributed by atoms with Crippen LogP contribution in [0.4, 0.5) is 5.69 Å². The number of methoxy groups -OCH3 is 2. The number of hydrogen-bond donors (Lipinski definition) is 0. The molecule has 0 aliphatic carbocycles. The molecule has 1 aliphatic heterocycles. The van der Waals surface area contributed by atoms with E-state index in [2.05, 4.69) is 0 Å². The van der Waals surface area contributed by atoms with Crippen LogP contribution in [0.2, 0.25) is 5.02 Å². The lowest BCUT2D eigenvalue weighted by atomic mass is 10.1. The highest BCUT2D eigenvalue weighted by Gasteiger charge is 2.33. The Balaban J connectivity index is 1.96. The second-order valence-electron chi connectivity index (χ2n) is 5.56. The van der Waals surface area contributed by atoms with Crippen LogP contribution in [0.1, 0.15) is 11.1 Å². The Hall–Kier alpha value is -2.02. The predicted molar refractivity (Wildman–Crippen MR) is 111 cm³/mol. The predicted octanol–water partition coefficient (Wildman–Crippen LogP) is 5.07. The molecule has 4 nitrogen and oxygen atoms in total. The van der Waals surface area contributed by atoms with Gasteiger partial charge in [0, 0.05) is 16.7 Å². The highest BCUT2D eigenvalue weighted by Crippen LogP contribution is 2.38. The number of hydrogen-bond acceptors (Lipinski definition) is 5. The van der Waals surface area contributed by atoms with Gasteiger partial charge in [0.05, 0.1) is 24.8 Å². The Kier molecular flexibility index (Phi) is 5.55. The van der Waals surface area contributed by atoms with Gasteiger partial charge in [-0.25, -0.2) is 0 Å². The van der Waals surface area contributed by atoms with E-state index in [9.17, 15) is 4.79 Å². The molecule has 134 valence electrons. The summed E-state index contributed by atoms with van der Waals surface area (Å²) in [5.74, 6) is 1.12. The van der Waals surface area contributed by atoms with E-state index in [4.69, 9.17) is 33.3 Å². The van der Waals surface area contributed by atoms with Gasteiger partial charge in [-0.05, 0) is 42.8 Å². The Morgan fingerprint density at radius 3 is 2.58 bits per heavy atom. The maximum absolute atomic E-state index is 12.9. The quantitative estimate of drug-likeness (QED) is 0.524. The molecule has 0 radical (unpaired) electrons. The van der Waals surface area contributed by atoms with E-state index in [-0.39, 0.29) is 5.91 Å². The van der Waals surface area contributed by atoms with Crippen molar-refractivity contribution in [2.75, 3.05) is 19.1 Å². The number of carbonyl (C=O) groups is 1. The summed E-state index contributed by atoms with van der Waals surface area (Å²) in [6.45, 7) is 1.91. The van der Waals surface area contributed by atoms with Crippen LogP contribution in [0.5, 0.6) is 11.5 Å². The lowest BCUT2D eigenvalue weighted by Crippen LogP contribution is -2.27. The van der Waals surface area contributed by atoms with Crippen molar-refractivity contribution >= 4 is 57.6 Å². The summed E-state index contributed by atoms with van der Waals surface area (Å²) in [4.78, 5) is 14.9. The number of ether oxygens (including phenoxy) is 2. The molecule has 1 fully saturated rings. The van der Waals surface area contributed by atoms with Gasteiger partial charge < -0.3 is 9.47 Å². The second kappa shape index (κ2) is 7.70. The van der Waals surface area contributed by atoms with Crippen molar-refractivity contribution in [2.45, 2.75) is 6.92 Å². The van der Waals surface area contributed by atoms with Gasteiger partial charge in [-0.3, -0.25) is 9.69 Å². The summed E-state index contributed by atoms with van der Waals surface area (Å²) in [7, 11) is 3.16. The first-order chi connectivity index (χ1) is 12.4. The van der Waals surface area contributed by atoms with Gasteiger partial charge in [0.1, 0.15) is 11.5 Å².